The molecule has 0 saturated heterocycles. The molecule has 0 heterocycles. The number of rotatable bonds is 16. The minimum atomic E-state index is -1.15. The molecular weight excluding hydrogens is 368 g/mol. The molecule has 0 spiro atoms. The van der Waals surface area contributed by atoms with E-state index in [-0.39, 0.29) is 37.6 Å². The maximum Gasteiger partial charge on any atom is 0.335 e. The minimum Gasteiger partial charge on any atom is -0.478 e. The van der Waals surface area contributed by atoms with Crippen LogP contribution in [0.25, 0.3) is 0 Å². The predicted octanol–water partition coefficient (Wildman–Crippen LogP) is 1.75. The second kappa shape index (κ2) is 14.1. The summed E-state index contributed by atoms with van der Waals surface area (Å²) in [6.45, 7) is 1.45. The second-order valence-electron chi connectivity index (χ2n) is 6.36. The number of carboxylic acid groups (broad SMARTS) is 2. The Morgan fingerprint density at radius 2 is 1.32 bits per heavy atom. The number of benzene rings is 1. The fourth-order valence-corrected chi connectivity index (χ4v) is 2.92. The average Bonchev–Trinajstić information content (AvgIpc) is 2.67. The lowest BCUT2D eigenvalue weighted by Gasteiger charge is -2.15. The standard InChI is InChI=1S/C20H30O8/c21-7-11-27-9-3-1-5-15-13-16(19(23)24)14-18(20(25)26)17(15)6-2-4-10-28-12-8-22/h13-14,21-22H,1-12H2,(H,23,24)(H,25,26). The van der Waals surface area contributed by atoms with E-state index >= 15 is 0 Å². The van der Waals surface area contributed by atoms with Crippen molar-refractivity contribution in [2.24, 2.45) is 0 Å². The molecule has 0 atom stereocenters. The van der Waals surface area contributed by atoms with Gasteiger partial charge in [0.15, 0.2) is 0 Å². The average molecular weight is 398 g/mol. The summed E-state index contributed by atoms with van der Waals surface area (Å²) >= 11 is 0. The van der Waals surface area contributed by atoms with Gasteiger partial charge >= 0.3 is 11.9 Å². The molecule has 0 fully saturated rings. The van der Waals surface area contributed by atoms with Crippen molar-refractivity contribution in [3.63, 3.8) is 0 Å². The molecule has 8 nitrogen and oxygen atoms in total. The number of aromatic carboxylic acids is 2. The number of carbonyl (C=O) groups is 2. The highest BCUT2D eigenvalue weighted by Gasteiger charge is 2.18. The van der Waals surface area contributed by atoms with Crippen molar-refractivity contribution < 1.29 is 39.5 Å². The number of carboxylic acids is 2. The minimum absolute atomic E-state index is 0.0287. The fraction of sp³-hybridized carbons (Fsp3) is 0.600. The zero-order valence-corrected chi connectivity index (χ0v) is 16.1. The van der Waals surface area contributed by atoms with E-state index in [1.807, 2.05) is 0 Å². The smallest absolute Gasteiger partial charge is 0.335 e. The number of hydrogen-bond donors (Lipinski definition) is 4. The monoisotopic (exact) mass is 398 g/mol. The van der Waals surface area contributed by atoms with Gasteiger partial charge < -0.3 is 29.9 Å². The molecule has 0 aliphatic rings. The Morgan fingerprint density at radius 1 is 0.750 bits per heavy atom. The summed E-state index contributed by atoms with van der Waals surface area (Å²) < 4.78 is 10.4. The Hall–Kier alpha value is -2.00. The van der Waals surface area contributed by atoms with Gasteiger partial charge in [0.25, 0.3) is 0 Å². The van der Waals surface area contributed by atoms with E-state index in [9.17, 15) is 19.8 Å². The Bertz CT molecular complexity index is 614. The second-order valence-corrected chi connectivity index (χ2v) is 6.36. The van der Waals surface area contributed by atoms with Crippen LogP contribution in [0.3, 0.4) is 0 Å². The van der Waals surface area contributed by atoms with Crippen LogP contribution in [0.1, 0.15) is 57.5 Å². The molecule has 0 bridgehead atoms. The Morgan fingerprint density at radius 3 is 1.82 bits per heavy atom. The van der Waals surface area contributed by atoms with Gasteiger partial charge in [-0.15, -0.1) is 0 Å². The maximum atomic E-state index is 11.7. The quantitative estimate of drug-likeness (QED) is 0.310. The lowest BCUT2D eigenvalue weighted by molar-refractivity contribution is 0.0695. The summed E-state index contributed by atoms with van der Waals surface area (Å²) in [4.78, 5) is 23.1. The Kier molecular flexibility index (Phi) is 12.1. The molecule has 0 aromatic heterocycles. The van der Waals surface area contributed by atoms with Gasteiger partial charge in [-0.3, -0.25) is 0 Å². The van der Waals surface area contributed by atoms with Crippen LogP contribution in [0.2, 0.25) is 0 Å². The van der Waals surface area contributed by atoms with Gasteiger partial charge in [0.2, 0.25) is 0 Å². The molecule has 158 valence electrons. The first-order valence-electron chi connectivity index (χ1n) is 9.50. The Balaban J connectivity index is 2.84. The number of unbranched alkanes of at least 4 members (excludes halogenated alkanes) is 2. The summed E-state index contributed by atoms with van der Waals surface area (Å²) in [5.41, 5.74) is 1.40. The summed E-state index contributed by atoms with van der Waals surface area (Å²) in [6, 6.07) is 2.77. The molecule has 8 heteroatoms. The molecule has 0 aliphatic carbocycles. The third kappa shape index (κ3) is 8.79. The first-order valence-corrected chi connectivity index (χ1v) is 9.50. The van der Waals surface area contributed by atoms with Gasteiger partial charge in [-0.1, -0.05) is 0 Å². The molecule has 1 aromatic carbocycles. The van der Waals surface area contributed by atoms with Crippen molar-refractivity contribution in [1.29, 1.82) is 0 Å². The van der Waals surface area contributed by atoms with Crippen LogP contribution in [0.5, 0.6) is 0 Å². The number of aliphatic hydroxyl groups excluding tert-OH is 2. The van der Waals surface area contributed by atoms with Crippen molar-refractivity contribution in [2.75, 3.05) is 39.6 Å². The molecule has 0 amide bonds. The van der Waals surface area contributed by atoms with Crippen molar-refractivity contribution in [2.45, 2.75) is 38.5 Å². The third-order valence-electron chi connectivity index (χ3n) is 4.24. The van der Waals surface area contributed by atoms with Crippen molar-refractivity contribution in [1.82, 2.24) is 0 Å². The highest BCUT2D eigenvalue weighted by molar-refractivity contribution is 5.95. The van der Waals surface area contributed by atoms with Crippen molar-refractivity contribution in [3.05, 3.63) is 34.4 Å². The van der Waals surface area contributed by atoms with Crippen LogP contribution in [-0.4, -0.2) is 72.0 Å². The summed E-state index contributed by atoms with van der Waals surface area (Å²) in [6.07, 6.45) is 3.94. The van der Waals surface area contributed by atoms with Gasteiger partial charge in [-0.25, -0.2) is 9.59 Å². The predicted molar refractivity (Wildman–Crippen MR) is 102 cm³/mol. The van der Waals surface area contributed by atoms with E-state index in [2.05, 4.69) is 0 Å². The van der Waals surface area contributed by atoms with Gasteiger partial charge in [-0.05, 0) is 61.8 Å². The van der Waals surface area contributed by atoms with Crippen molar-refractivity contribution >= 4 is 11.9 Å². The van der Waals surface area contributed by atoms with E-state index in [4.69, 9.17) is 19.7 Å². The Labute approximate surface area is 164 Å². The van der Waals surface area contributed by atoms with Gasteiger partial charge in [0.05, 0.1) is 37.6 Å². The number of ether oxygens (including phenoxy) is 2. The van der Waals surface area contributed by atoms with E-state index in [1.54, 1.807) is 6.07 Å². The SMILES string of the molecule is O=C(O)c1cc(CCCCOCCO)c(CCCCOCCO)c(C(=O)O)c1. The largest absolute Gasteiger partial charge is 0.478 e. The van der Waals surface area contributed by atoms with Crippen molar-refractivity contribution in [3.8, 4) is 0 Å². The molecule has 0 saturated carbocycles. The summed E-state index contributed by atoms with van der Waals surface area (Å²) in [5, 5.41) is 36.2. The summed E-state index contributed by atoms with van der Waals surface area (Å²) in [5.74, 6) is -2.29. The van der Waals surface area contributed by atoms with Gasteiger partial charge in [0.1, 0.15) is 0 Å². The highest BCUT2D eigenvalue weighted by Crippen LogP contribution is 2.23. The maximum absolute atomic E-state index is 11.7. The molecule has 1 rings (SSSR count). The zero-order chi connectivity index (χ0) is 20.8. The normalized spacial score (nSPS) is 10.9. The molecule has 28 heavy (non-hydrogen) atoms. The lowest BCUT2D eigenvalue weighted by Crippen LogP contribution is -2.11. The molecule has 0 radical (unpaired) electrons. The third-order valence-corrected chi connectivity index (χ3v) is 4.24. The van der Waals surface area contributed by atoms with Gasteiger partial charge in [0, 0.05) is 13.2 Å². The fourth-order valence-electron chi connectivity index (χ4n) is 2.92. The number of aliphatic hydroxyl groups is 2. The first-order chi connectivity index (χ1) is 13.5. The van der Waals surface area contributed by atoms with Crippen LogP contribution in [0.15, 0.2) is 12.1 Å². The molecule has 0 unspecified atom stereocenters. The zero-order valence-electron chi connectivity index (χ0n) is 16.1. The molecular formula is C20H30O8. The number of aryl methyl sites for hydroxylation is 1. The molecule has 4 N–H and O–H groups in total. The van der Waals surface area contributed by atoms with Crippen LogP contribution in [-0.2, 0) is 22.3 Å². The van der Waals surface area contributed by atoms with Crippen LogP contribution < -0.4 is 0 Å². The van der Waals surface area contributed by atoms with E-state index in [0.717, 1.165) is 18.4 Å². The van der Waals surface area contributed by atoms with E-state index in [0.29, 0.717) is 44.5 Å². The topological polar surface area (TPSA) is 134 Å². The van der Waals surface area contributed by atoms with Gasteiger partial charge in [-0.2, -0.15) is 0 Å². The van der Waals surface area contributed by atoms with Crippen LogP contribution in [0, 0.1) is 0 Å². The summed E-state index contributed by atoms with van der Waals surface area (Å²) in [7, 11) is 0. The number of hydrogen-bond acceptors (Lipinski definition) is 6. The molecule has 0 aliphatic heterocycles. The van der Waals surface area contributed by atoms with E-state index in [1.165, 1.54) is 6.07 Å². The first kappa shape index (κ1) is 24.0. The van der Waals surface area contributed by atoms with E-state index < -0.39 is 11.9 Å². The van der Waals surface area contributed by atoms with Crippen LogP contribution in [0.4, 0.5) is 0 Å². The lowest BCUT2D eigenvalue weighted by atomic mass is 9.91. The van der Waals surface area contributed by atoms with Crippen LogP contribution >= 0.6 is 0 Å². The highest BCUT2D eigenvalue weighted by atomic mass is 16.5. The molecule has 1 aromatic rings.